The number of amides is 2. The van der Waals surface area contributed by atoms with Gasteiger partial charge in [-0.25, -0.2) is 4.39 Å². The van der Waals surface area contributed by atoms with E-state index in [1.165, 1.54) is 50.2 Å². The Bertz CT molecular complexity index is 1110. The van der Waals surface area contributed by atoms with Crippen molar-refractivity contribution in [3.63, 3.8) is 0 Å². The predicted molar refractivity (Wildman–Crippen MR) is 125 cm³/mol. The van der Waals surface area contributed by atoms with E-state index in [1.807, 2.05) is 0 Å². The molecule has 0 bridgehead atoms. The maximum atomic E-state index is 13.0. The van der Waals surface area contributed by atoms with Crippen molar-refractivity contribution in [1.29, 1.82) is 0 Å². The van der Waals surface area contributed by atoms with Gasteiger partial charge < -0.3 is 20.1 Å². The highest BCUT2D eigenvalue weighted by Gasteiger charge is 2.13. The van der Waals surface area contributed by atoms with E-state index in [-0.39, 0.29) is 17.6 Å². The molecule has 0 saturated heterocycles. The van der Waals surface area contributed by atoms with Gasteiger partial charge in [0, 0.05) is 22.2 Å². The van der Waals surface area contributed by atoms with Gasteiger partial charge in [-0.2, -0.15) is 0 Å². The second-order valence-electron chi connectivity index (χ2n) is 6.51. The second kappa shape index (κ2) is 10.9. The van der Waals surface area contributed by atoms with Crippen LogP contribution in [0.5, 0.6) is 11.5 Å². The number of rotatable bonds is 8. The van der Waals surface area contributed by atoms with Gasteiger partial charge in [0.1, 0.15) is 17.3 Å². The van der Waals surface area contributed by atoms with Gasteiger partial charge in [0.05, 0.1) is 30.7 Å². The summed E-state index contributed by atoms with van der Waals surface area (Å²) in [6.45, 7) is 0. The van der Waals surface area contributed by atoms with Crippen LogP contribution in [-0.4, -0.2) is 31.8 Å². The Morgan fingerprint density at radius 3 is 2.22 bits per heavy atom. The summed E-state index contributed by atoms with van der Waals surface area (Å²) >= 11 is 7.46. The third-order valence-electron chi connectivity index (χ3n) is 4.34. The number of carbonyl (C=O) groups excluding carboxylic acids is 2. The molecular formula is C23H20ClFN2O4S. The molecule has 0 atom stereocenters. The van der Waals surface area contributed by atoms with E-state index in [0.717, 1.165) is 4.90 Å². The van der Waals surface area contributed by atoms with E-state index >= 15 is 0 Å². The molecule has 3 rings (SSSR count). The molecule has 3 aromatic rings. The minimum atomic E-state index is -0.402. The van der Waals surface area contributed by atoms with Gasteiger partial charge in [-0.05, 0) is 54.6 Å². The Balaban J connectivity index is 1.55. The van der Waals surface area contributed by atoms with Crippen LogP contribution in [0.15, 0.2) is 65.6 Å². The van der Waals surface area contributed by atoms with E-state index in [2.05, 4.69) is 10.6 Å². The van der Waals surface area contributed by atoms with E-state index < -0.39 is 5.82 Å². The number of ether oxygens (including phenoxy) is 2. The molecule has 2 N–H and O–H groups in total. The third-order valence-corrected chi connectivity index (χ3v) is 5.64. The number of anilines is 2. The third kappa shape index (κ3) is 6.15. The topological polar surface area (TPSA) is 76.7 Å². The Morgan fingerprint density at radius 2 is 1.59 bits per heavy atom. The number of methoxy groups -OCH3 is 2. The fourth-order valence-corrected chi connectivity index (χ4v) is 3.67. The van der Waals surface area contributed by atoms with Crippen molar-refractivity contribution in [2.75, 3.05) is 30.6 Å². The summed E-state index contributed by atoms with van der Waals surface area (Å²) in [5, 5.41) is 5.87. The van der Waals surface area contributed by atoms with Crippen LogP contribution >= 0.6 is 23.4 Å². The summed E-state index contributed by atoms with van der Waals surface area (Å²) in [6.07, 6.45) is 0. The Morgan fingerprint density at radius 1 is 0.938 bits per heavy atom. The molecule has 0 aliphatic carbocycles. The summed E-state index contributed by atoms with van der Waals surface area (Å²) in [4.78, 5) is 25.4. The first-order valence-electron chi connectivity index (χ1n) is 9.40. The number of benzene rings is 3. The van der Waals surface area contributed by atoms with Crippen LogP contribution in [0.2, 0.25) is 5.02 Å². The number of nitrogens with one attached hydrogen (secondary N) is 2. The Labute approximate surface area is 194 Å². The van der Waals surface area contributed by atoms with Gasteiger partial charge >= 0.3 is 0 Å². The van der Waals surface area contributed by atoms with E-state index in [0.29, 0.717) is 33.5 Å². The fourth-order valence-electron chi connectivity index (χ4n) is 2.73. The fraction of sp³-hybridized carbons (Fsp3) is 0.130. The van der Waals surface area contributed by atoms with Crippen molar-refractivity contribution in [2.45, 2.75) is 4.90 Å². The largest absolute Gasteiger partial charge is 0.495 e. The monoisotopic (exact) mass is 474 g/mol. The molecule has 0 aliphatic heterocycles. The van der Waals surface area contributed by atoms with Crippen molar-refractivity contribution in [3.05, 3.63) is 77.1 Å². The molecule has 0 fully saturated rings. The highest BCUT2D eigenvalue weighted by molar-refractivity contribution is 8.00. The second-order valence-corrected chi connectivity index (χ2v) is 7.97. The zero-order chi connectivity index (χ0) is 23.1. The zero-order valence-electron chi connectivity index (χ0n) is 17.3. The van der Waals surface area contributed by atoms with Crippen LogP contribution in [0.25, 0.3) is 0 Å². The first-order valence-corrected chi connectivity index (χ1v) is 10.8. The molecule has 32 heavy (non-hydrogen) atoms. The maximum absolute atomic E-state index is 13.0. The Hall–Kier alpha value is -3.23. The molecule has 0 heterocycles. The quantitative estimate of drug-likeness (QED) is 0.423. The molecule has 0 unspecified atom stereocenters. The molecule has 2 amide bonds. The minimum absolute atomic E-state index is 0.161. The lowest BCUT2D eigenvalue weighted by Gasteiger charge is -2.13. The lowest BCUT2D eigenvalue weighted by molar-refractivity contribution is -0.113. The molecule has 6 nitrogen and oxygen atoms in total. The van der Waals surface area contributed by atoms with Crippen molar-refractivity contribution in [2.24, 2.45) is 0 Å². The highest BCUT2D eigenvalue weighted by atomic mass is 35.5. The number of hydrogen-bond acceptors (Lipinski definition) is 5. The zero-order valence-corrected chi connectivity index (χ0v) is 18.9. The summed E-state index contributed by atoms with van der Waals surface area (Å²) in [7, 11) is 2.98. The first kappa shape index (κ1) is 23.4. The predicted octanol–water partition coefficient (Wildman–Crippen LogP) is 5.48. The van der Waals surface area contributed by atoms with Crippen molar-refractivity contribution >= 4 is 46.6 Å². The Kier molecular flexibility index (Phi) is 7.97. The summed E-state index contributed by atoms with van der Waals surface area (Å²) in [5.41, 5.74) is 1.39. The van der Waals surface area contributed by atoms with Gasteiger partial charge in [0.25, 0.3) is 5.91 Å². The standard InChI is InChI=1S/C23H20ClFN2O4S/c1-30-20-12-21(31-2)19(11-18(20)24)27-22(28)13-32-17-9-7-16(8-10-17)26-23(29)14-3-5-15(25)6-4-14/h3-12H,13H2,1-2H3,(H,26,29)(H,27,28). The number of thioether (sulfide) groups is 1. The molecule has 0 aliphatic rings. The molecule has 0 spiro atoms. The molecular weight excluding hydrogens is 455 g/mol. The number of halogens is 2. The molecule has 0 radical (unpaired) electrons. The summed E-state index contributed by atoms with van der Waals surface area (Å²) in [5.74, 6) is 0.0719. The number of hydrogen-bond donors (Lipinski definition) is 2. The lowest BCUT2D eigenvalue weighted by atomic mass is 10.2. The van der Waals surface area contributed by atoms with Gasteiger partial charge in [0.15, 0.2) is 0 Å². The van der Waals surface area contributed by atoms with E-state index in [4.69, 9.17) is 21.1 Å². The molecule has 9 heteroatoms. The van der Waals surface area contributed by atoms with Crippen LogP contribution in [-0.2, 0) is 4.79 Å². The minimum Gasteiger partial charge on any atom is -0.495 e. The van der Waals surface area contributed by atoms with Crippen LogP contribution in [0.1, 0.15) is 10.4 Å². The van der Waals surface area contributed by atoms with Crippen LogP contribution in [0.4, 0.5) is 15.8 Å². The molecule has 0 aromatic heterocycles. The molecule has 3 aromatic carbocycles. The lowest BCUT2D eigenvalue weighted by Crippen LogP contribution is -2.15. The maximum Gasteiger partial charge on any atom is 0.255 e. The van der Waals surface area contributed by atoms with Gasteiger partial charge in [-0.15, -0.1) is 11.8 Å². The average molecular weight is 475 g/mol. The van der Waals surface area contributed by atoms with Crippen molar-refractivity contribution in [1.82, 2.24) is 0 Å². The van der Waals surface area contributed by atoms with E-state index in [1.54, 1.807) is 36.4 Å². The van der Waals surface area contributed by atoms with Crippen molar-refractivity contribution < 1.29 is 23.5 Å². The van der Waals surface area contributed by atoms with Gasteiger partial charge in [-0.3, -0.25) is 9.59 Å². The van der Waals surface area contributed by atoms with Gasteiger partial charge in [-0.1, -0.05) is 11.6 Å². The number of carbonyl (C=O) groups is 2. The molecule has 0 saturated carbocycles. The highest BCUT2D eigenvalue weighted by Crippen LogP contribution is 2.36. The van der Waals surface area contributed by atoms with Gasteiger partial charge in [0.2, 0.25) is 5.91 Å². The smallest absolute Gasteiger partial charge is 0.255 e. The average Bonchev–Trinajstić information content (AvgIpc) is 2.79. The van der Waals surface area contributed by atoms with Crippen LogP contribution < -0.4 is 20.1 Å². The normalized spacial score (nSPS) is 10.4. The summed E-state index contributed by atoms with van der Waals surface area (Å²) in [6, 6.07) is 15.5. The van der Waals surface area contributed by atoms with Crippen LogP contribution in [0.3, 0.4) is 0 Å². The molecule has 166 valence electrons. The van der Waals surface area contributed by atoms with Crippen LogP contribution in [0, 0.1) is 5.82 Å². The SMILES string of the molecule is COc1cc(OC)c(NC(=O)CSc2ccc(NC(=O)c3ccc(F)cc3)cc2)cc1Cl. The first-order chi connectivity index (χ1) is 15.4. The summed E-state index contributed by atoms with van der Waals surface area (Å²) < 4.78 is 23.4. The van der Waals surface area contributed by atoms with Crippen molar-refractivity contribution in [3.8, 4) is 11.5 Å². The van der Waals surface area contributed by atoms with E-state index in [9.17, 15) is 14.0 Å².